The largest absolute Gasteiger partial charge is 0.381 e. The van der Waals surface area contributed by atoms with Crippen LogP contribution in [0.2, 0.25) is 0 Å². The average molecular weight is 373 g/mol. The lowest BCUT2D eigenvalue weighted by Crippen LogP contribution is -2.49. The van der Waals surface area contributed by atoms with E-state index < -0.39 is 0 Å². The van der Waals surface area contributed by atoms with Crippen molar-refractivity contribution in [1.29, 1.82) is 0 Å². The molecule has 1 aromatic rings. The molecule has 0 radical (unpaired) electrons. The number of ether oxygens (including phenoxy) is 1. The summed E-state index contributed by atoms with van der Waals surface area (Å²) >= 11 is 0. The van der Waals surface area contributed by atoms with Gasteiger partial charge in [0, 0.05) is 43.8 Å². The maximum Gasteiger partial charge on any atom is 0.317 e. The number of hydrogen-bond donors (Lipinski definition) is 1. The van der Waals surface area contributed by atoms with Crippen LogP contribution in [0.4, 0.5) is 4.79 Å². The van der Waals surface area contributed by atoms with E-state index in [2.05, 4.69) is 31.3 Å². The minimum atomic E-state index is 0.00540. The molecule has 2 heterocycles. The number of rotatable bonds is 5. The van der Waals surface area contributed by atoms with Crippen LogP contribution in [-0.4, -0.2) is 49.1 Å². The Bertz CT molecular complexity index is 627. The molecule has 0 unspecified atom stereocenters. The SMILES string of the molecule is CC(C)Cc1ccc(C(=O)C2CCN(C(=O)NC3CCOCC3)CC2)cc1. The number of Topliss-reactive ketones (excluding diaryl/α,β-unsaturated/α-hetero) is 1. The number of amides is 2. The number of carbonyl (C=O) groups is 2. The van der Waals surface area contributed by atoms with Crippen LogP contribution in [0.15, 0.2) is 24.3 Å². The summed E-state index contributed by atoms with van der Waals surface area (Å²) in [6, 6.07) is 8.29. The molecule has 0 spiro atoms. The van der Waals surface area contributed by atoms with E-state index in [-0.39, 0.29) is 23.8 Å². The van der Waals surface area contributed by atoms with Crippen LogP contribution >= 0.6 is 0 Å². The van der Waals surface area contributed by atoms with E-state index in [1.807, 2.05) is 17.0 Å². The maximum atomic E-state index is 12.8. The van der Waals surface area contributed by atoms with Crippen molar-refractivity contribution in [3.63, 3.8) is 0 Å². The minimum Gasteiger partial charge on any atom is -0.381 e. The summed E-state index contributed by atoms with van der Waals surface area (Å²) in [5.74, 6) is 0.854. The Kier molecular flexibility index (Phi) is 6.89. The summed E-state index contributed by atoms with van der Waals surface area (Å²) in [4.78, 5) is 27.1. The molecule has 0 aliphatic carbocycles. The Morgan fingerprint density at radius 3 is 2.30 bits per heavy atom. The molecule has 27 heavy (non-hydrogen) atoms. The zero-order valence-corrected chi connectivity index (χ0v) is 16.6. The first-order chi connectivity index (χ1) is 13.0. The van der Waals surface area contributed by atoms with Gasteiger partial charge < -0.3 is 15.0 Å². The fourth-order valence-electron chi connectivity index (χ4n) is 3.96. The zero-order chi connectivity index (χ0) is 19.2. The number of nitrogens with one attached hydrogen (secondary N) is 1. The normalized spacial score (nSPS) is 19.3. The molecular weight excluding hydrogens is 340 g/mol. The number of nitrogens with zero attached hydrogens (tertiary/aromatic N) is 1. The Labute approximate surface area is 162 Å². The van der Waals surface area contributed by atoms with Crippen LogP contribution in [0.5, 0.6) is 0 Å². The predicted molar refractivity (Wildman–Crippen MR) is 106 cm³/mol. The first kappa shape index (κ1) is 19.9. The third kappa shape index (κ3) is 5.55. The van der Waals surface area contributed by atoms with Gasteiger partial charge in [-0.15, -0.1) is 0 Å². The van der Waals surface area contributed by atoms with Gasteiger partial charge in [-0.3, -0.25) is 4.79 Å². The highest BCUT2D eigenvalue weighted by Crippen LogP contribution is 2.23. The molecular formula is C22H32N2O3. The van der Waals surface area contributed by atoms with Crippen molar-refractivity contribution in [2.24, 2.45) is 11.8 Å². The van der Waals surface area contributed by atoms with Gasteiger partial charge in [0.1, 0.15) is 0 Å². The molecule has 2 saturated heterocycles. The molecule has 148 valence electrons. The molecule has 0 atom stereocenters. The van der Waals surface area contributed by atoms with Crippen LogP contribution in [0.3, 0.4) is 0 Å². The highest BCUT2D eigenvalue weighted by atomic mass is 16.5. The monoisotopic (exact) mass is 372 g/mol. The second-order valence-electron chi connectivity index (χ2n) is 8.26. The quantitative estimate of drug-likeness (QED) is 0.803. The van der Waals surface area contributed by atoms with Gasteiger partial charge in [-0.2, -0.15) is 0 Å². The van der Waals surface area contributed by atoms with Crippen LogP contribution in [0.25, 0.3) is 0 Å². The van der Waals surface area contributed by atoms with Crippen molar-refractivity contribution in [2.45, 2.75) is 52.0 Å². The van der Waals surface area contributed by atoms with E-state index in [1.54, 1.807) is 0 Å². The van der Waals surface area contributed by atoms with Crippen molar-refractivity contribution < 1.29 is 14.3 Å². The van der Waals surface area contributed by atoms with Gasteiger partial charge in [0.2, 0.25) is 0 Å². The molecule has 0 bridgehead atoms. The lowest BCUT2D eigenvalue weighted by molar-refractivity contribution is 0.0753. The van der Waals surface area contributed by atoms with Crippen molar-refractivity contribution in [1.82, 2.24) is 10.2 Å². The van der Waals surface area contributed by atoms with Crippen molar-refractivity contribution >= 4 is 11.8 Å². The standard InChI is InChI=1S/C22H32N2O3/c1-16(2)15-17-3-5-18(6-4-17)21(25)19-7-11-24(12-8-19)22(26)23-20-9-13-27-14-10-20/h3-6,16,19-20H,7-15H2,1-2H3,(H,23,26). The third-order valence-electron chi connectivity index (χ3n) is 5.58. The number of urea groups is 1. The maximum absolute atomic E-state index is 12.8. The molecule has 2 aliphatic rings. The first-order valence-corrected chi connectivity index (χ1v) is 10.3. The molecule has 0 saturated carbocycles. The molecule has 2 amide bonds. The molecule has 1 N–H and O–H groups in total. The highest BCUT2D eigenvalue weighted by Gasteiger charge is 2.29. The van der Waals surface area contributed by atoms with Gasteiger partial charge in [0.05, 0.1) is 0 Å². The Hall–Kier alpha value is -1.88. The molecule has 5 nitrogen and oxygen atoms in total. The summed E-state index contributed by atoms with van der Waals surface area (Å²) in [6.07, 6.45) is 4.29. The average Bonchev–Trinajstić information content (AvgIpc) is 2.68. The lowest BCUT2D eigenvalue weighted by atomic mass is 9.88. The van der Waals surface area contributed by atoms with Gasteiger partial charge in [0.25, 0.3) is 0 Å². The number of hydrogen-bond acceptors (Lipinski definition) is 3. The summed E-state index contributed by atoms with van der Waals surface area (Å²) in [6.45, 7) is 7.14. The Balaban J connectivity index is 1.47. The second-order valence-corrected chi connectivity index (χ2v) is 8.26. The highest BCUT2D eigenvalue weighted by molar-refractivity contribution is 5.98. The minimum absolute atomic E-state index is 0.00540. The molecule has 3 rings (SSSR count). The summed E-state index contributed by atoms with van der Waals surface area (Å²) < 4.78 is 5.33. The van der Waals surface area contributed by atoms with Gasteiger partial charge in [-0.25, -0.2) is 4.79 Å². The molecule has 2 aliphatic heterocycles. The third-order valence-corrected chi connectivity index (χ3v) is 5.58. The number of carbonyl (C=O) groups excluding carboxylic acids is 2. The van der Waals surface area contributed by atoms with E-state index in [0.29, 0.717) is 19.0 Å². The van der Waals surface area contributed by atoms with E-state index >= 15 is 0 Å². The van der Waals surface area contributed by atoms with Crippen molar-refractivity contribution in [2.75, 3.05) is 26.3 Å². The predicted octanol–water partition coefficient (Wildman–Crippen LogP) is 3.67. The first-order valence-electron chi connectivity index (χ1n) is 10.3. The fourth-order valence-corrected chi connectivity index (χ4v) is 3.96. The Morgan fingerprint density at radius 2 is 1.70 bits per heavy atom. The van der Waals surface area contributed by atoms with Crippen molar-refractivity contribution in [3.8, 4) is 0 Å². The molecule has 2 fully saturated rings. The smallest absolute Gasteiger partial charge is 0.317 e. The fraction of sp³-hybridized carbons (Fsp3) is 0.636. The van der Waals surface area contributed by atoms with Crippen LogP contribution < -0.4 is 5.32 Å². The van der Waals surface area contributed by atoms with Crippen LogP contribution in [-0.2, 0) is 11.2 Å². The topological polar surface area (TPSA) is 58.6 Å². The molecule has 1 aromatic carbocycles. The van der Waals surface area contributed by atoms with E-state index in [0.717, 1.165) is 50.9 Å². The number of ketones is 1. The number of likely N-dealkylation sites (tertiary alicyclic amines) is 1. The van der Waals surface area contributed by atoms with Crippen LogP contribution in [0, 0.1) is 11.8 Å². The van der Waals surface area contributed by atoms with Gasteiger partial charge in [0.15, 0.2) is 5.78 Å². The van der Waals surface area contributed by atoms with Gasteiger partial charge in [-0.05, 0) is 43.6 Å². The molecule has 0 aromatic heterocycles. The zero-order valence-electron chi connectivity index (χ0n) is 16.6. The summed E-state index contributed by atoms with van der Waals surface area (Å²) in [7, 11) is 0. The van der Waals surface area contributed by atoms with Gasteiger partial charge in [-0.1, -0.05) is 38.1 Å². The van der Waals surface area contributed by atoms with Crippen LogP contribution in [0.1, 0.15) is 55.5 Å². The second kappa shape index (κ2) is 9.36. The summed E-state index contributed by atoms with van der Waals surface area (Å²) in [5.41, 5.74) is 2.08. The van der Waals surface area contributed by atoms with E-state index in [4.69, 9.17) is 4.74 Å². The number of benzene rings is 1. The molecule has 5 heteroatoms. The van der Waals surface area contributed by atoms with Gasteiger partial charge >= 0.3 is 6.03 Å². The van der Waals surface area contributed by atoms with E-state index in [1.165, 1.54) is 5.56 Å². The summed E-state index contributed by atoms with van der Waals surface area (Å²) in [5, 5.41) is 3.11. The Morgan fingerprint density at radius 1 is 1.07 bits per heavy atom. The number of piperidine rings is 1. The lowest BCUT2D eigenvalue weighted by Gasteiger charge is -2.33. The van der Waals surface area contributed by atoms with Crippen molar-refractivity contribution in [3.05, 3.63) is 35.4 Å². The van der Waals surface area contributed by atoms with E-state index in [9.17, 15) is 9.59 Å².